The maximum Gasteiger partial charge on any atom is 0.133 e. The lowest BCUT2D eigenvalue weighted by atomic mass is 10.2. The molecule has 0 amide bonds. The Labute approximate surface area is 99.3 Å². The van der Waals surface area contributed by atoms with E-state index in [0.717, 1.165) is 30.0 Å². The molecule has 0 N–H and O–H groups in total. The van der Waals surface area contributed by atoms with Crippen LogP contribution in [0.5, 0.6) is 0 Å². The standard InChI is InChI=1S/C11H13ClN4/c1-3-11-14-9(5-10(12)15-11)8-6-13-16(4-2)7-8/h5-7H,3-4H2,1-2H3. The van der Waals surface area contributed by atoms with Crippen LogP contribution in [-0.2, 0) is 13.0 Å². The predicted molar refractivity (Wildman–Crippen MR) is 63.3 cm³/mol. The second-order valence-corrected chi connectivity index (χ2v) is 3.82. The Morgan fingerprint density at radius 2 is 2.12 bits per heavy atom. The van der Waals surface area contributed by atoms with E-state index >= 15 is 0 Å². The molecule has 4 nitrogen and oxygen atoms in total. The van der Waals surface area contributed by atoms with Gasteiger partial charge in [0, 0.05) is 30.8 Å². The topological polar surface area (TPSA) is 43.6 Å². The lowest BCUT2D eigenvalue weighted by Crippen LogP contribution is -1.95. The molecule has 0 spiro atoms. The van der Waals surface area contributed by atoms with Gasteiger partial charge in [-0.1, -0.05) is 18.5 Å². The van der Waals surface area contributed by atoms with Crippen molar-refractivity contribution in [2.45, 2.75) is 26.8 Å². The quantitative estimate of drug-likeness (QED) is 0.770. The van der Waals surface area contributed by atoms with E-state index in [1.165, 1.54) is 0 Å². The first-order valence-corrected chi connectivity index (χ1v) is 5.67. The van der Waals surface area contributed by atoms with Crippen LogP contribution in [0.1, 0.15) is 19.7 Å². The number of hydrogen-bond acceptors (Lipinski definition) is 3. The molecule has 0 aliphatic carbocycles. The molecule has 0 aromatic carbocycles. The summed E-state index contributed by atoms with van der Waals surface area (Å²) in [5, 5.41) is 4.69. The lowest BCUT2D eigenvalue weighted by Gasteiger charge is -2.01. The van der Waals surface area contributed by atoms with Crippen molar-refractivity contribution in [2.24, 2.45) is 0 Å². The summed E-state index contributed by atoms with van der Waals surface area (Å²) in [6.45, 7) is 4.89. The van der Waals surface area contributed by atoms with E-state index in [2.05, 4.69) is 15.1 Å². The monoisotopic (exact) mass is 236 g/mol. The molecule has 0 radical (unpaired) electrons. The summed E-state index contributed by atoms with van der Waals surface area (Å²) in [4.78, 5) is 8.55. The van der Waals surface area contributed by atoms with Crippen LogP contribution >= 0.6 is 11.6 Å². The zero-order valence-electron chi connectivity index (χ0n) is 9.31. The van der Waals surface area contributed by atoms with Crippen molar-refractivity contribution in [3.05, 3.63) is 29.4 Å². The smallest absolute Gasteiger partial charge is 0.133 e. The molecule has 2 heterocycles. The highest BCUT2D eigenvalue weighted by molar-refractivity contribution is 6.29. The van der Waals surface area contributed by atoms with E-state index < -0.39 is 0 Å². The van der Waals surface area contributed by atoms with Gasteiger partial charge in [-0.3, -0.25) is 4.68 Å². The molecule has 0 saturated heterocycles. The molecule has 0 aliphatic rings. The van der Waals surface area contributed by atoms with Crippen LogP contribution < -0.4 is 0 Å². The highest BCUT2D eigenvalue weighted by atomic mass is 35.5. The van der Waals surface area contributed by atoms with Gasteiger partial charge in [0.25, 0.3) is 0 Å². The molecule has 0 fully saturated rings. The molecule has 2 rings (SSSR count). The Bertz CT molecular complexity index is 492. The van der Waals surface area contributed by atoms with Gasteiger partial charge < -0.3 is 0 Å². The van der Waals surface area contributed by atoms with Crippen molar-refractivity contribution in [2.75, 3.05) is 0 Å². The zero-order chi connectivity index (χ0) is 11.5. The molecule has 0 aliphatic heterocycles. The van der Waals surface area contributed by atoms with Gasteiger partial charge in [-0.25, -0.2) is 9.97 Å². The number of hydrogen-bond donors (Lipinski definition) is 0. The van der Waals surface area contributed by atoms with Gasteiger partial charge in [0.2, 0.25) is 0 Å². The van der Waals surface area contributed by atoms with E-state index in [1.54, 1.807) is 12.3 Å². The number of nitrogens with zero attached hydrogens (tertiary/aromatic N) is 4. The molecule has 0 bridgehead atoms. The van der Waals surface area contributed by atoms with Crippen LogP contribution in [0.15, 0.2) is 18.5 Å². The summed E-state index contributed by atoms with van der Waals surface area (Å²) >= 11 is 5.94. The number of aromatic nitrogens is 4. The highest BCUT2D eigenvalue weighted by Gasteiger charge is 2.06. The van der Waals surface area contributed by atoms with E-state index in [0.29, 0.717) is 5.15 Å². The van der Waals surface area contributed by atoms with E-state index in [-0.39, 0.29) is 0 Å². The summed E-state index contributed by atoms with van der Waals surface area (Å²) in [6.07, 6.45) is 4.52. The van der Waals surface area contributed by atoms with Crippen molar-refractivity contribution < 1.29 is 0 Å². The SMILES string of the molecule is CCc1nc(Cl)cc(-c2cnn(CC)c2)n1. The van der Waals surface area contributed by atoms with E-state index in [9.17, 15) is 0 Å². The average molecular weight is 237 g/mol. The molecule has 84 valence electrons. The van der Waals surface area contributed by atoms with Crippen LogP contribution in [0, 0.1) is 0 Å². The Morgan fingerprint density at radius 1 is 1.31 bits per heavy atom. The fourth-order valence-electron chi connectivity index (χ4n) is 1.44. The third kappa shape index (κ3) is 2.22. The number of rotatable bonds is 3. The number of aryl methyl sites for hydroxylation is 2. The first kappa shape index (κ1) is 11.1. The van der Waals surface area contributed by atoms with Crippen LogP contribution in [0.4, 0.5) is 0 Å². The molecule has 2 aromatic heterocycles. The van der Waals surface area contributed by atoms with Crippen LogP contribution in [0.2, 0.25) is 5.15 Å². The van der Waals surface area contributed by atoms with Gasteiger partial charge in [-0.2, -0.15) is 5.10 Å². The summed E-state index contributed by atoms with van der Waals surface area (Å²) in [6, 6.07) is 1.76. The third-order valence-electron chi connectivity index (χ3n) is 2.31. The van der Waals surface area contributed by atoms with Gasteiger partial charge in [0.1, 0.15) is 11.0 Å². The summed E-state index contributed by atoms with van der Waals surface area (Å²) in [7, 11) is 0. The maximum absolute atomic E-state index is 5.94. The first-order chi connectivity index (χ1) is 7.72. The Morgan fingerprint density at radius 3 is 2.75 bits per heavy atom. The van der Waals surface area contributed by atoms with Gasteiger partial charge in [0.05, 0.1) is 11.9 Å². The Hall–Kier alpha value is -1.42. The van der Waals surface area contributed by atoms with Crippen molar-refractivity contribution in [3.8, 4) is 11.3 Å². The van der Waals surface area contributed by atoms with E-state index in [1.807, 2.05) is 24.7 Å². The van der Waals surface area contributed by atoms with Crippen LogP contribution in [-0.4, -0.2) is 19.7 Å². The first-order valence-electron chi connectivity index (χ1n) is 5.29. The second-order valence-electron chi connectivity index (χ2n) is 3.43. The van der Waals surface area contributed by atoms with E-state index in [4.69, 9.17) is 11.6 Å². The van der Waals surface area contributed by atoms with Crippen LogP contribution in [0.25, 0.3) is 11.3 Å². The predicted octanol–water partition coefficient (Wildman–Crippen LogP) is 2.58. The van der Waals surface area contributed by atoms with Crippen LogP contribution in [0.3, 0.4) is 0 Å². The molecule has 16 heavy (non-hydrogen) atoms. The molecule has 0 saturated carbocycles. The normalized spacial score (nSPS) is 10.7. The van der Waals surface area contributed by atoms with Crippen molar-refractivity contribution in [3.63, 3.8) is 0 Å². The third-order valence-corrected chi connectivity index (χ3v) is 2.50. The molecular formula is C11H13ClN4. The van der Waals surface area contributed by atoms with Gasteiger partial charge in [-0.05, 0) is 6.92 Å². The summed E-state index contributed by atoms with van der Waals surface area (Å²) in [5.41, 5.74) is 1.80. The zero-order valence-corrected chi connectivity index (χ0v) is 10.1. The molecule has 0 unspecified atom stereocenters. The molecule has 2 aromatic rings. The minimum Gasteiger partial charge on any atom is -0.272 e. The van der Waals surface area contributed by atoms with Crippen molar-refractivity contribution in [1.29, 1.82) is 0 Å². The number of halogens is 1. The maximum atomic E-state index is 5.94. The minimum atomic E-state index is 0.478. The summed E-state index contributed by atoms with van der Waals surface area (Å²) < 4.78 is 1.86. The van der Waals surface area contributed by atoms with Crippen molar-refractivity contribution in [1.82, 2.24) is 19.7 Å². The fraction of sp³-hybridized carbons (Fsp3) is 0.364. The van der Waals surface area contributed by atoms with Gasteiger partial charge >= 0.3 is 0 Å². The van der Waals surface area contributed by atoms with Gasteiger partial charge in [0.15, 0.2) is 0 Å². The summed E-state index contributed by atoms with van der Waals surface area (Å²) in [5.74, 6) is 0.756. The Balaban J connectivity index is 2.42. The molecule has 5 heteroatoms. The van der Waals surface area contributed by atoms with Crippen molar-refractivity contribution >= 4 is 11.6 Å². The van der Waals surface area contributed by atoms with Gasteiger partial charge in [-0.15, -0.1) is 0 Å². The minimum absolute atomic E-state index is 0.478. The fourth-order valence-corrected chi connectivity index (χ4v) is 1.64. The molecule has 0 atom stereocenters. The molecular weight excluding hydrogens is 224 g/mol. The Kier molecular flexibility index (Phi) is 3.19. The lowest BCUT2D eigenvalue weighted by molar-refractivity contribution is 0.660. The average Bonchev–Trinajstić information content (AvgIpc) is 2.76. The highest BCUT2D eigenvalue weighted by Crippen LogP contribution is 2.19. The second kappa shape index (κ2) is 4.61. The largest absolute Gasteiger partial charge is 0.272 e.